The van der Waals surface area contributed by atoms with E-state index in [1.54, 1.807) is 0 Å². The molecule has 0 aromatic carbocycles. The highest BCUT2D eigenvalue weighted by molar-refractivity contribution is 9.10. The van der Waals surface area contributed by atoms with Crippen molar-refractivity contribution < 1.29 is 0 Å². The minimum Gasteiger partial charge on any atom is -0.333 e. The first-order valence-electron chi connectivity index (χ1n) is 3.21. The third-order valence-corrected chi connectivity index (χ3v) is 2.27. The summed E-state index contributed by atoms with van der Waals surface area (Å²) < 4.78 is 2.69. The summed E-state index contributed by atoms with van der Waals surface area (Å²) in [6.07, 6.45) is 0.401. The summed E-state index contributed by atoms with van der Waals surface area (Å²) in [7, 11) is 1.90. The molecule has 0 aliphatic heterocycles. The smallest absolute Gasteiger partial charge is 0.128 e. The molecule has 1 aromatic heterocycles. The van der Waals surface area contributed by atoms with Crippen molar-refractivity contribution in [2.24, 2.45) is 7.05 Å². The molecular formula is C7H8BrN3. The van der Waals surface area contributed by atoms with Crippen molar-refractivity contribution in [1.82, 2.24) is 9.55 Å². The molecule has 0 N–H and O–H groups in total. The summed E-state index contributed by atoms with van der Waals surface area (Å²) in [6.45, 7) is 1.91. The van der Waals surface area contributed by atoms with Crippen molar-refractivity contribution in [3.8, 4) is 6.07 Å². The lowest BCUT2D eigenvalue weighted by Gasteiger charge is -1.97. The van der Waals surface area contributed by atoms with Gasteiger partial charge in [0.05, 0.1) is 18.2 Å². The molecule has 0 atom stereocenters. The zero-order valence-corrected chi connectivity index (χ0v) is 8.01. The van der Waals surface area contributed by atoms with Crippen LogP contribution in [0.5, 0.6) is 0 Å². The van der Waals surface area contributed by atoms with Crippen molar-refractivity contribution >= 4 is 15.9 Å². The second kappa shape index (κ2) is 3.05. The van der Waals surface area contributed by atoms with Crippen LogP contribution in [-0.4, -0.2) is 9.55 Å². The summed E-state index contributed by atoms with van der Waals surface area (Å²) in [5.41, 5.74) is 0.935. The SMILES string of the molecule is Cc1nc(Br)c(CC#N)n1C. The molecule has 3 nitrogen and oxygen atoms in total. The molecule has 1 heterocycles. The zero-order chi connectivity index (χ0) is 8.43. The number of aryl methyl sites for hydroxylation is 1. The molecule has 0 fully saturated rings. The summed E-state index contributed by atoms with van der Waals surface area (Å²) >= 11 is 3.29. The highest BCUT2D eigenvalue weighted by Crippen LogP contribution is 2.16. The maximum atomic E-state index is 8.47. The van der Waals surface area contributed by atoms with Gasteiger partial charge in [-0.05, 0) is 22.9 Å². The number of nitriles is 1. The Kier molecular flexibility index (Phi) is 2.30. The van der Waals surface area contributed by atoms with Crippen LogP contribution in [-0.2, 0) is 13.5 Å². The van der Waals surface area contributed by atoms with Gasteiger partial charge in [-0.25, -0.2) is 4.98 Å². The molecular weight excluding hydrogens is 206 g/mol. The monoisotopic (exact) mass is 213 g/mol. The molecule has 1 rings (SSSR count). The van der Waals surface area contributed by atoms with Gasteiger partial charge in [0, 0.05) is 7.05 Å². The number of aromatic nitrogens is 2. The first-order chi connectivity index (χ1) is 5.16. The summed E-state index contributed by atoms with van der Waals surface area (Å²) in [6, 6.07) is 2.09. The number of halogens is 1. The third kappa shape index (κ3) is 1.43. The Morgan fingerprint density at radius 3 is 2.73 bits per heavy atom. The van der Waals surface area contributed by atoms with Crippen LogP contribution >= 0.6 is 15.9 Å². The van der Waals surface area contributed by atoms with Crippen molar-refractivity contribution in [2.75, 3.05) is 0 Å². The van der Waals surface area contributed by atoms with Gasteiger partial charge in [-0.15, -0.1) is 0 Å². The van der Waals surface area contributed by atoms with Crippen LogP contribution in [0.3, 0.4) is 0 Å². The van der Waals surface area contributed by atoms with Gasteiger partial charge in [-0.1, -0.05) is 0 Å². The standard InChI is InChI=1S/C7H8BrN3/c1-5-10-7(8)6(3-4-9)11(5)2/h3H2,1-2H3. The normalized spacial score (nSPS) is 9.64. The average Bonchev–Trinajstić information content (AvgIpc) is 2.17. The molecule has 0 amide bonds. The van der Waals surface area contributed by atoms with Crippen LogP contribution in [0.2, 0.25) is 0 Å². The van der Waals surface area contributed by atoms with Crippen LogP contribution in [0.4, 0.5) is 0 Å². The van der Waals surface area contributed by atoms with Gasteiger partial charge in [0.25, 0.3) is 0 Å². The Morgan fingerprint density at radius 2 is 2.36 bits per heavy atom. The van der Waals surface area contributed by atoms with E-state index < -0.39 is 0 Å². The topological polar surface area (TPSA) is 41.6 Å². The van der Waals surface area contributed by atoms with Crippen molar-refractivity contribution in [2.45, 2.75) is 13.3 Å². The summed E-state index contributed by atoms with van der Waals surface area (Å²) in [4.78, 5) is 4.16. The Bertz CT molecular complexity index is 308. The lowest BCUT2D eigenvalue weighted by Crippen LogP contribution is -1.97. The van der Waals surface area contributed by atoms with Gasteiger partial charge in [-0.2, -0.15) is 5.26 Å². The maximum Gasteiger partial charge on any atom is 0.128 e. The minimum absolute atomic E-state index is 0.401. The molecule has 0 saturated heterocycles. The van der Waals surface area contributed by atoms with E-state index in [-0.39, 0.29) is 0 Å². The maximum absolute atomic E-state index is 8.47. The van der Waals surface area contributed by atoms with Gasteiger partial charge in [-0.3, -0.25) is 0 Å². The van der Waals surface area contributed by atoms with E-state index in [2.05, 4.69) is 27.0 Å². The highest BCUT2D eigenvalue weighted by Gasteiger charge is 2.07. The van der Waals surface area contributed by atoms with Crippen molar-refractivity contribution in [3.63, 3.8) is 0 Å². The van der Waals surface area contributed by atoms with Gasteiger partial charge >= 0.3 is 0 Å². The number of hydrogen-bond donors (Lipinski definition) is 0. The molecule has 0 bridgehead atoms. The number of rotatable bonds is 1. The van der Waals surface area contributed by atoms with Gasteiger partial charge in [0.1, 0.15) is 10.4 Å². The van der Waals surface area contributed by atoms with Gasteiger partial charge in [0.15, 0.2) is 0 Å². The van der Waals surface area contributed by atoms with Gasteiger partial charge < -0.3 is 4.57 Å². The Balaban J connectivity index is 3.14. The molecule has 1 aromatic rings. The first kappa shape index (κ1) is 8.28. The number of hydrogen-bond acceptors (Lipinski definition) is 2. The van der Waals surface area contributed by atoms with Crippen LogP contribution in [0.25, 0.3) is 0 Å². The highest BCUT2D eigenvalue weighted by atomic mass is 79.9. The third-order valence-electron chi connectivity index (χ3n) is 1.63. The number of imidazole rings is 1. The van der Waals surface area contributed by atoms with E-state index in [1.807, 2.05) is 18.5 Å². The molecule has 0 saturated carbocycles. The lowest BCUT2D eigenvalue weighted by molar-refractivity contribution is 0.812. The molecule has 0 spiro atoms. The van der Waals surface area contributed by atoms with E-state index in [9.17, 15) is 0 Å². The van der Waals surface area contributed by atoms with Crippen molar-refractivity contribution in [3.05, 3.63) is 16.1 Å². The molecule has 4 heteroatoms. The molecule has 11 heavy (non-hydrogen) atoms. The van der Waals surface area contributed by atoms with E-state index in [0.717, 1.165) is 16.1 Å². The fourth-order valence-corrected chi connectivity index (χ4v) is 1.54. The van der Waals surface area contributed by atoms with E-state index >= 15 is 0 Å². The predicted octanol–water partition coefficient (Wildman–Crippen LogP) is 1.56. The molecule has 0 aliphatic carbocycles. The molecule has 0 aliphatic rings. The minimum atomic E-state index is 0.401. The Labute approximate surface area is 73.8 Å². The second-order valence-corrected chi connectivity index (χ2v) is 3.04. The average molecular weight is 214 g/mol. The number of nitrogens with zero attached hydrogens (tertiary/aromatic N) is 3. The fourth-order valence-electron chi connectivity index (χ4n) is 0.882. The van der Waals surface area contributed by atoms with E-state index in [1.165, 1.54) is 0 Å². The largest absolute Gasteiger partial charge is 0.333 e. The Morgan fingerprint density at radius 1 is 1.73 bits per heavy atom. The van der Waals surface area contributed by atoms with Crippen LogP contribution in [0.15, 0.2) is 4.60 Å². The summed E-state index contributed by atoms with van der Waals surface area (Å²) in [5, 5.41) is 8.47. The fraction of sp³-hybridized carbons (Fsp3) is 0.429. The van der Waals surface area contributed by atoms with Gasteiger partial charge in [0.2, 0.25) is 0 Å². The van der Waals surface area contributed by atoms with E-state index in [4.69, 9.17) is 5.26 Å². The molecule has 58 valence electrons. The predicted molar refractivity (Wildman–Crippen MR) is 45.0 cm³/mol. The van der Waals surface area contributed by atoms with E-state index in [0.29, 0.717) is 6.42 Å². The second-order valence-electron chi connectivity index (χ2n) is 2.29. The Hall–Kier alpha value is -0.820. The molecule has 0 unspecified atom stereocenters. The zero-order valence-electron chi connectivity index (χ0n) is 6.43. The first-order valence-corrected chi connectivity index (χ1v) is 4.00. The summed E-state index contributed by atoms with van der Waals surface area (Å²) in [5.74, 6) is 0.919. The quantitative estimate of drug-likeness (QED) is 0.711. The molecule has 0 radical (unpaired) electrons. The van der Waals surface area contributed by atoms with Crippen LogP contribution in [0.1, 0.15) is 11.5 Å². The van der Waals surface area contributed by atoms with Crippen molar-refractivity contribution in [1.29, 1.82) is 5.26 Å². The van der Waals surface area contributed by atoms with Crippen LogP contribution < -0.4 is 0 Å². The van der Waals surface area contributed by atoms with Crippen LogP contribution in [0, 0.1) is 18.3 Å². The lowest BCUT2D eigenvalue weighted by atomic mass is 10.3.